The van der Waals surface area contributed by atoms with Gasteiger partial charge in [0.05, 0.1) is 0 Å². The third-order valence-electron chi connectivity index (χ3n) is 3.90. The van der Waals surface area contributed by atoms with E-state index in [1.807, 2.05) is 6.26 Å². The zero-order valence-corrected chi connectivity index (χ0v) is 12.8. The van der Waals surface area contributed by atoms with Gasteiger partial charge < -0.3 is 10.4 Å². The van der Waals surface area contributed by atoms with E-state index in [-0.39, 0.29) is 18.6 Å². The fourth-order valence-corrected chi connectivity index (χ4v) is 3.57. The molecule has 0 bridgehead atoms. The lowest BCUT2D eigenvalue weighted by atomic mass is 9.97. The summed E-state index contributed by atoms with van der Waals surface area (Å²) in [5.41, 5.74) is 2.73. The lowest BCUT2D eigenvalue weighted by molar-refractivity contribution is -0.122. The number of thioether (sulfide) groups is 1. The zero-order valence-electron chi connectivity index (χ0n) is 12.0. The average molecular weight is 293 g/mol. The molecule has 20 heavy (non-hydrogen) atoms. The van der Waals surface area contributed by atoms with E-state index in [0.717, 1.165) is 18.6 Å². The molecular weight excluding hydrogens is 270 g/mol. The van der Waals surface area contributed by atoms with Crippen LogP contribution in [-0.4, -0.2) is 35.7 Å². The molecule has 0 saturated carbocycles. The molecule has 1 aliphatic rings. The van der Waals surface area contributed by atoms with Gasteiger partial charge in [0.2, 0.25) is 5.91 Å². The van der Waals surface area contributed by atoms with E-state index in [1.165, 1.54) is 11.1 Å². The monoisotopic (exact) mass is 293 g/mol. The van der Waals surface area contributed by atoms with Crippen molar-refractivity contribution in [3.05, 3.63) is 35.4 Å². The molecule has 2 atom stereocenters. The van der Waals surface area contributed by atoms with Gasteiger partial charge in [-0.05, 0) is 42.6 Å². The first-order valence-electron chi connectivity index (χ1n) is 7.21. The molecule has 0 heterocycles. The van der Waals surface area contributed by atoms with Crippen molar-refractivity contribution in [3.63, 3.8) is 0 Å². The quantitative estimate of drug-likeness (QED) is 0.811. The second kappa shape index (κ2) is 7.70. The largest absolute Gasteiger partial charge is 0.396 e. The minimum Gasteiger partial charge on any atom is -0.396 e. The molecule has 1 aliphatic carbocycles. The number of amides is 1. The Kier molecular flexibility index (Phi) is 5.92. The van der Waals surface area contributed by atoms with Gasteiger partial charge in [-0.15, -0.1) is 0 Å². The molecule has 110 valence electrons. The van der Waals surface area contributed by atoms with Gasteiger partial charge in [0.1, 0.15) is 0 Å². The van der Waals surface area contributed by atoms with E-state index in [2.05, 4.69) is 29.6 Å². The summed E-state index contributed by atoms with van der Waals surface area (Å²) in [5.74, 6) is 1.32. The number of hydrogen-bond acceptors (Lipinski definition) is 3. The van der Waals surface area contributed by atoms with Crippen LogP contribution in [0.2, 0.25) is 0 Å². The molecule has 0 radical (unpaired) electrons. The Morgan fingerprint density at radius 2 is 2.30 bits per heavy atom. The maximum atomic E-state index is 12.2. The number of carbonyl (C=O) groups excluding carboxylic acids is 1. The van der Waals surface area contributed by atoms with Crippen molar-refractivity contribution >= 4 is 17.7 Å². The molecule has 1 aromatic carbocycles. The minimum atomic E-state index is 0.0825. The molecule has 1 amide bonds. The summed E-state index contributed by atoms with van der Waals surface area (Å²) in [7, 11) is 0. The van der Waals surface area contributed by atoms with Crippen LogP contribution in [0.3, 0.4) is 0 Å². The number of carbonyl (C=O) groups is 1. The Morgan fingerprint density at radius 3 is 3.05 bits per heavy atom. The predicted octanol–water partition coefficient (Wildman–Crippen LogP) is 2.34. The second-order valence-electron chi connectivity index (χ2n) is 5.37. The van der Waals surface area contributed by atoms with Crippen LogP contribution in [0.25, 0.3) is 0 Å². The highest BCUT2D eigenvalue weighted by atomic mass is 32.2. The molecule has 0 aliphatic heterocycles. The Bertz CT molecular complexity index is 444. The van der Waals surface area contributed by atoms with Crippen molar-refractivity contribution in [1.29, 1.82) is 0 Å². The first kappa shape index (κ1) is 15.4. The third kappa shape index (κ3) is 4.00. The molecule has 0 fully saturated rings. The number of nitrogens with one attached hydrogen (secondary N) is 1. The number of aryl methyl sites for hydroxylation is 1. The summed E-state index contributed by atoms with van der Waals surface area (Å²) in [6, 6.07) is 8.51. The van der Waals surface area contributed by atoms with Crippen molar-refractivity contribution in [2.75, 3.05) is 18.6 Å². The Labute approximate surface area is 125 Å². The van der Waals surface area contributed by atoms with Crippen LogP contribution in [0, 0.1) is 0 Å². The normalized spacial score (nSPS) is 18.6. The molecule has 1 aromatic rings. The first-order chi connectivity index (χ1) is 9.74. The van der Waals surface area contributed by atoms with Gasteiger partial charge in [0, 0.05) is 24.8 Å². The third-order valence-corrected chi connectivity index (χ3v) is 4.64. The number of fused-ring (bicyclic) bond motifs is 1. The highest BCUT2D eigenvalue weighted by Gasteiger charge is 2.24. The van der Waals surface area contributed by atoms with Crippen LogP contribution < -0.4 is 5.32 Å². The van der Waals surface area contributed by atoms with Gasteiger partial charge in [-0.2, -0.15) is 11.8 Å². The smallest absolute Gasteiger partial charge is 0.220 e. The van der Waals surface area contributed by atoms with Crippen molar-refractivity contribution in [2.24, 2.45) is 0 Å². The minimum absolute atomic E-state index is 0.0825. The van der Waals surface area contributed by atoms with E-state index in [0.29, 0.717) is 18.8 Å². The average Bonchev–Trinajstić information content (AvgIpc) is 2.83. The first-order valence-corrected chi connectivity index (χ1v) is 8.61. The van der Waals surface area contributed by atoms with Crippen molar-refractivity contribution < 1.29 is 9.90 Å². The summed E-state index contributed by atoms with van der Waals surface area (Å²) >= 11 is 1.70. The van der Waals surface area contributed by atoms with Crippen LogP contribution in [-0.2, 0) is 11.2 Å². The molecule has 2 N–H and O–H groups in total. The molecule has 0 aromatic heterocycles. The van der Waals surface area contributed by atoms with E-state index < -0.39 is 0 Å². The summed E-state index contributed by atoms with van der Waals surface area (Å²) in [4.78, 5) is 12.2. The summed E-state index contributed by atoms with van der Waals surface area (Å²) in [5, 5.41) is 12.1. The zero-order chi connectivity index (χ0) is 14.4. The fraction of sp³-hybridized carbons (Fsp3) is 0.562. The van der Waals surface area contributed by atoms with Crippen LogP contribution >= 0.6 is 11.8 Å². The molecule has 2 rings (SSSR count). The lowest BCUT2D eigenvalue weighted by Crippen LogP contribution is -2.37. The van der Waals surface area contributed by atoms with Crippen LogP contribution in [0.1, 0.15) is 36.3 Å². The number of aliphatic hydroxyl groups excluding tert-OH is 1. The van der Waals surface area contributed by atoms with E-state index in [4.69, 9.17) is 5.11 Å². The standard InChI is InChI=1S/C16H23NO2S/c1-20-11-14(8-9-18)17-16(19)10-13-7-6-12-4-2-3-5-15(12)13/h2-5,13-14,18H,6-11H2,1H3,(H,17,19). The molecule has 3 nitrogen and oxygen atoms in total. The molecule has 2 unspecified atom stereocenters. The molecule has 0 saturated heterocycles. The SMILES string of the molecule is CSCC(CCO)NC(=O)CC1CCc2ccccc21. The highest BCUT2D eigenvalue weighted by Crippen LogP contribution is 2.35. The predicted molar refractivity (Wildman–Crippen MR) is 84.1 cm³/mol. The van der Waals surface area contributed by atoms with Gasteiger partial charge in [-0.1, -0.05) is 24.3 Å². The van der Waals surface area contributed by atoms with Gasteiger partial charge in [0.15, 0.2) is 0 Å². The van der Waals surface area contributed by atoms with Gasteiger partial charge in [-0.3, -0.25) is 4.79 Å². The number of hydrogen-bond donors (Lipinski definition) is 2. The van der Waals surface area contributed by atoms with Gasteiger partial charge in [0.25, 0.3) is 0 Å². The van der Waals surface area contributed by atoms with Crippen molar-refractivity contribution in [1.82, 2.24) is 5.32 Å². The summed E-state index contributed by atoms with van der Waals surface area (Å²) < 4.78 is 0. The maximum Gasteiger partial charge on any atom is 0.220 e. The molecule has 4 heteroatoms. The van der Waals surface area contributed by atoms with Crippen molar-refractivity contribution in [2.45, 2.75) is 37.6 Å². The maximum absolute atomic E-state index is 12.2. The molecular formula is C16H23NO2S. The van der Waals surface area contributed by atoms with E-state index >= 15 is 0 Å². The van der Waals surface area contributed by atoms with Crippen LogP contribution in [0.15, 0.2) is 24.3 Å². The van der Waals surface area contributed by atoms with Gasteiger partial charge >= 0.3 is 0 Å². The van der Waals surface area contributed by atoms with Crippen LogP contribution in [0.5, 0.6) is 0 Å². The summed E-state index contributed by atoms with van der Waals surface area (Å²) in [6.07, 6.45) is 5.36. The van der Waals surface area contributed by atoms with Gasteiger partial charge in [-0.25, -0.2) is 0 Å². The summed E-state index contributed by atoms with van der Waals surface area (Å²) in [6.45, 7) is 0.123. The fourth-order valence-electron chi connectivity index (χ4n) is 2.92. The lowest BCUT2D eigenvalue weighted by Gasteiger charge is -2.18. The van der Waals surface area contributed by atoms with Crippen molar-refractivity contribution in [3.8, 4) is 0 Å². The van der Waals surface area contributed by atoms with E-state index in [9.17, 15) is 4.79 Å². The number of rotatable bonds is 7. The Hall–Kier alpha value is -1.00. The Balaban J connectivity index is 1.89. The Morgan fingerprint density at radius 1 is 1.50 bits per heavy atom. The van der Waals surface area contributed by atoms with Crippen LogP contribution in [0.4, 0.5) is 0 Å². The second-order valence-corrected chi connectivity index (χ2v) is 6.28. The topological polar surface area (TPSA) is 49.3 Å². The molecule has 0 spiro atoms. The highest BCUT2D eigenvalue weighted by molar-refractivity contribution is 7.98. The van der Waals surface area contributed by atoms with E-state index in [1.54, 1.807) is 11.8 Å². The number of benzene rings is 1. The number of aliphatic hydroxyl groups is 1.